The van der Waals surface area contributed by atoms with E-state index in [9.17, 15) is 9.65 Å². The maximum atomic E-state index is 13.1. The van der Waals surface area contributed by atoms with E-state index in [1.807, 2.05) is 67.6 Å². The molecular formula is C28H21BrFNO2. The Morgan fingerprint density at radius 1 is 0.939 bits per heavy atom. The van der Waals surface area contributed by atoms with E-state index in [0.717, 1.165) is 31.9 Å². The Morgan fingerprint density at radius 3 is 2.39 bits per heavy atom. The molecule has 0 aliphatic carbocycles. The number of nitriles is 1. The van der Waals surface area contributed by atoms with Crippen molar-refractivity contribution in [2.24, 2.45) is 0 Å². The average Bonchev–Trinajstić information content (AvgIpc) is 2.84. The molecule has 33 heavy (non-hydrogen) atoms. The van der Waals surface area contributed by atoms with Crippen molar-refractivity contribution in [1.82, 2.24) is 0 Å². The maximum Gasteiger partial charge on any atom is 0.162 e. The summed E-state index contributed by atoms with van der Waals surface area (Å²) < 4.78 is 25.7. The first-order chi connectivity index (χ1) is 16.1. The van der Waals surface area contributed by atoms with Gasteiger partial charge in [0.1, 0.15) is 12.4 Å². The van der Waals surface area contributed by atoms with Crippen molar-refractivity contribution in [3.05, 3.63) is 106 Å². The largest absolute Gasteiger partial charge is 0.490 e. The molecule has 0 fully saturated rings. The molecule has 5 heteroatoms. The van der Waals surface area contributed by atoms with Gasteiger partial charge in [-0.05, 0) is 70.8 Å². The molecule has 0 aliphatic rings. The summed E-state index contributed by atoms with van der Waals surface area (Å²) >= 11 is 3.60. The molecule has 0 radical (unpaired) electrons. The van der Waals surface area contributed by atoms with E-state index >= 15 is 0 Å². The van der Waals surface area contributed by atoms with Gasteiger partial charge in [0, 0.05) is 4.47 Å². The van der Waals surface area contributed by atoms with Gasteiger partial charge < -0.3 is 9.47 Å². The van der Waals surface area contributed by atoms with Crippen LogP contribution in [0.1, 0.15) is 23.6 Å². The number of nitrogens with zero attached hydrogens (tertiary/aromatic N) is 1. The number of fused-ring (bicyclic) bond motifs is 1. The van der Waals surface area contributed by atoms with Crippen molar-refractivity contribution in [2.75, 3.05) is 6.61 Å². The van der Waals surface area contributed by atoms with Crippen molar-refractivity contribution in [3.63, 3.8) is 0 Å². The van der Waals surface area contributed by atoms with Gasteiger partial charge in [-0.1, -0.05) is 64.5 Å². The fraction of sp³-hybridized carbons (Fsp3) is 0.107. The number of rotatable bonds is 7. The summed E-state index contributed by atoms with van der Waals surface area (Å²) in [5.41, 5.74) is 3.04. The maximum absolute atomic E-state index is 13.1. The molecule has 164 valence electrons. The number of allylic oxidation sites excluding steroid dienone is 1. The molecule has 0 amide bonds. The molecule has 0 aliphatic heterocycles. The van der Waals surface area contributed by atoms with Crippen LogP contribution >= 0.6 is 15.9 Å². The minimum atomic E-state index is -0.285. The van der Waals surface area contributed by atoms with Crippen LogP contribution < -0.4 is 9.47 Å². The molecule has 4 aromatic carbocycles. The molecule has 0 spiro atoms. The molecule has 4 aromatic rings. The van der Waals surface area contributed by atoms with Gasteiger partial charge in [-0.2, -0.15) is 5.26 Å². The first-order valence-electron chi connectivity index (χ1n) is 10.5. The van der Waals surface area contributed by atoms with E-state index in [4.69, 9.17) is 9.47 Å². The molecular weight excluding hydrogens is 481 g/mol. The topological polar surface area (TPSA) is 42.2 Å². The van der Waals surface area contributed by atoms with Gasteiger partial charge in [0.05, 0.1) is 18.2 Å². The van der Waals surface area contributed by atoms with Crippen LogP contribution in [0.2, 0.25) is 0 Å². The van der Waals surface area contributed by atoms with E-state index in [-0.39, 0.29) is 12.4 Å². The predicted molar refractivity (Wildman–Crippen MR) is 133 cm³/mol. The zero-order valence-corrected chi connectivity index (χ0v) is 19.6. The second-order valence-electron chi connectivity index (χ2n) is 7.40. The van der Waals surface area contributed by atoms with Crippen LogP contribution in [0.15, 0.2) is 83.3 Å². The average molecular weight is 502 g/mol. The fourth-order valence-electron chi connectivity index (χ4n) is 3.48. The quantitative estimate of drug-likeness (QED) is 0.191. The van der Waals surface area contributed by atoms with Crippen LogP contribution in [0.25, 0.3) is 22.4 Å². The summed E-state index contributed by atoms with van der Waals surface area (Å²) in [5.74, 6) is 0.853. The van der Waals surface area contributed by atoms with Gasteiger partial charge in [-0.25, -0.2) is 4.39 Å². The summed E-state index contributed by atoms with van der Waals surface area (Å²) in [7, 11) is 0. The summed E-state index contributed by atoms with van der Waals surface area (Å²) in [4.78, 5) is 0. The lowest BCUT2D eigenvalue weighted by Gasteiger charge is -2.14. The van der Waals surface area contributed by atoms with Crippen molar-refractivity contribution >= 4 is 38.4 Å². The van der Waals surface area contributed by atoms with Gasteiger partial charge in [0.25, 0.3) is 0 Å². The van der Waals surface area contributed by atoms with Crippen molar-refractivity contribution in [3.8, 4) is 17.6 Å². The Labute approximate surface area is 200 Å². The standard InChI is InChI=1S/C28H21BrFNO2/c1-2-32-27-15-23(26(29)16-28(27)33-18-19-7-11-25(30)12-8-19)14-24(17-31)22-10-9-20-5-3-4-6-21(20)13-22/h3-16H,2,18H2,1H3/b24-14-. The number of ether oxygens (including phenoxy) is 2. The third-order valence-electron chi connectivity index (χ3n) is 5.15. The lowest BCUT2D eigenvalue weighted by Crippen LogP contribution is -2.00. The Hall–Kier alpha value is -3.62. The van der Waals surface area contributed by atoms with Crippen LogP contribution in [0, 0.1) is 17.1 Å². The van der Waals surface area contributed by atoms with Crippen LogP contribution in [-0.4, -0.2) is 6.61 Å². The lowest BCUT2D eigenvalue weighted by atomic mass is 10.00. The summed E-state index contributed by atoms with van der Waals surface area (Å²) in [5, 5.41) is 12.0. The molecule has 0 N–H and O–H groups in total. The molecule has 4 rings (SSSR count). The van der Waals surface area contributed by atoms with Crippen LogP contribution in [0.5, 0.6) is 11.5 Å². The highest BCUT2D eigenvalue weighted by molar-refractivity contribution is 9.10. The first kappa shape index (κ1) is 22.6. The highest BCUT2D eigenvalue weighted by Crippen LogP contribution is 2.36. The van der Waals surface area contributed by atoms with Crippen molar-refractivity contribution in [1.29, 1.82) is 5.26 Å². The Morgan fingerprint density at radius 2 is 1.67 bits per heavy atom. The molecule has 0 unspecified atom stereocenters. The SMILES string of the molecule is CCOc1cc(/C=C(/C#N)c2ccc3ccccc3c2)c(Br)cc1OCc1ccc(F)cc1. The first-order valence-corrected chi connectivity index (χ1v) is 11.3. The highest BCUT2D eigenvalue weighted by atomic mass is 79.9. The van der Waals surface area contributed by atoms with E-state index in [1.165, 1.54) is 12.1 Å². The van der Waals surface area contributed by atoms with Crippen molar-refractivity contribution < 1.29 is 13.9 Å². The van der Waals surface area contributed by atoms with Crippen LogP contribution in [-0.2, 0) is 6.61 Å². The molecule has 0 saturated heterocycles. The lowest BCUT2D eigenvalue weighted by molar-refractivity contribution is 0.269. The third-order valence-corrected chi connectivity index (χ3v) is 5.84. The number of benzene rings is 4. The molecule has 0 bridgehead atoms. The molecule has 0 atom stereocenters. The molecule has 3 nitrogen and oxygen atoms in total. The zero-order chi connectivity index (χ0) is 23.2. The number of halogens is 2. The van der Waals surface area contributed by atoms with E-state index in [2.05, 4.69) is 22.0 Å². The minimum Gasteiger partial charge on any atom is -0.490 e. The smallest absolute Gasteiger partial charge is 0.162 e. The predicted octanol–water partition coefficient (Wildman–Crippen LogP) is 7.78. The van der Waals surface area contributed by atoms with Crippen molar-refractivity contribution in [2.45, 2.75) is 13.5 Å². The molecule has 0 aromatic heterocycles. The van der Waals surface area contributed by atoms with Gasteiger partial charge >= 0.3 is 0 Å². The zero-order valence-electron chi connectivity index (χ0n) is 18.0. The van der Waals surface area contributed by atoms with Crippen LogP contribution in [0.3, 0.4) is 0 Å². The van der Waals surface area contributed by atoms with Gasteiger partial charge in [-0.3, -0.25) is 0 Å². The molecule has 0 saturated carbocycles. The van der Waals surface area contributed by atoms with Gasteiger partial charge in [0.2, 0.25) is 0 Å². The summed E-state index contributed by atoms with van der Waals surface area (Å²) in [6.45, 7) is 2.65. The fourth-order valence-corrected chi connectivity index (χ4v) is 3.91. The summed E-state index contributed by atoms with van der Waals surface area (Å²) in [6.07, 6.45) is 1.83. The second kappa shape index (κ2) is 10.3. The minimum absolute atomic E-state index is 0.280. The van der Waals surface area contributed by atoms with E-state index in [0.29, 0.717) is 23.7 Å². The highest BCUT2D eigenvalue weighted by Gasteiger charge is 2.12. The number of hydrogen-bond donors (Lipinski definition) is 0. The Balaban J connectivity index is 1.65. The summed E-state index contributed by atoms with van der Waals surface area (Å²) in [6, 6.07) is 26.2. The monoisotopic (exact) mass is 501 g/mol. The Kier molecular flexibility index (Phi) is 7.07. The van der Waals surface area contributed by atoms with E-state index < -0.39 is 0 Å². The molecule has 0 heterocycles. The van der Waals surface area contributed by atoms with E-state index in [1.54, 1.807) is 12.1 Å². The Bertz CT molecular complexity index is 1360. The third kappa shape index (κ3) is 5.42. The van der Waals surface area contributed by atoms with Gasteiger partial charge in [-0.15, -0.1) is 0 Å². The van der Waals surface area contributed by atoms with Gasteiger partial charge in [0.15, 0.2) is 11.5 Å². The second-order valence-corrected chi connectivity index (χ2v) is 8.25. The van der Waals surface area contributed by atoms with Crippen LogP contribution in [0.4, 0.5) is 4.39 Å². The number of hydrogen-bond acceptors (Lipinski definition) is 3. The normalized spacial score (nSPS) is 11.3.